The first-order valence-corrected chi connectivity index (χ1v) is 13.2. The molecule has 10 nitrogen and oxygen atoms in total. The first kappa shape index (κ1) is 30.7. The molecule has 1 aliphatic rings. The van der Waals surface area contributed by atoms with Crippen LogP contribution in [-0.4, -0.2) is 58.2 Å². The van der Waals surface area contributed by atoms with Crippen LogP contribution >= 0.6 is 11.8 Å². The quantitative estimate of drug-likeness (QED) is 0.220. The summed E-state index contributed by atoms with van der Waals surface area (Å²) in [5.74, 6) is -3.17. The smallest absolute Gasteiger partial charge is 0.329 e. The van der Waals surface area contributed by atoms with Crippen LogP contribution in [0.4, 0.5) is 4.39 Å². The second kappa shape index (κ2) is 15.0. The molecule has 1 unspecified atom stereocenters. The minimum absolute atomic E-state index is 0.00758. The molecule has 0 saturated heterocycles. The van der Waals surface area contributed by atoms with Gasteiger partial charge in [-0.05, 0) is 37.5 Å². The number of aromatic nitrogens is 1. The Morgan fingerprint density at radius 2 is 1.97 bits per heavy atom. The summed E-state index contributed by atoms with van der Waals surface area (Å²) < 4.78 is 19.9. The van der Waals surface area contributed by atoms with Crippen molar-refractivity contribution in [2.24, 2.45) is 5.92 Å². The third-order valence-electron chi connectivity index (χ3n) is 5.42. The zero-order valence-corrected chi connectivity index (χ0v) is 22.7. The van der Waals surface area contributed by atoms with Crippen LogP contribution in [0.1, 0.15) is 56.7 Å². The zero-order valence-electron chi connectivity index (χ0n) is 21.8. The van der Waals surface area contributed by atoms with Crippen molar-refractivity contribution in [3.63, 3.8) is 0 Å². The molecule has 0 spiro atoms. The highest BCUT2D eigenvalue weighted by molar-refractivity contribution is 8.13. The summed E-state index contributed by atoms with van der Waals surface area (Å²) in [4.78, 5) is 66.4. The van der Waals surface area contributed by atoms with E-state index in [4.69, 9.17) is 4.74 Å². The van der Waals surface area contributed by atoms with Gasteiger partial charge in [-0.2, -0.15) is 0 Å². The number of halogens is 1. The molecule has 0 saturated carbocycles. The number of allylic oxidation sites excluding steroid dienone is 2. The van der Waals surface area contributed by atoms with E-state index in [2.05, 4.69) is 20.9 Å². The van der Waals surface area contributed by atoms with E-state index in [1.165, 1.54) is 26.0 Å². The van der Waals surface area contributed by atoms with E-state index in [0.717, 1.165) is 17.8 Å². The lowest BCUT2D eigenvalue weighted by Gasteiger charge is -2.24. The largest absolute Gasteiger partial charge is 0.456 e. The number of carbonyl (C=O) groups excluding carboxylic acids is 5. The molecule has 2 heterocycles. The van der Waals surface area contributed by atoms with Gasteiger partial charge in [0.1, 0.15) is 29.4 Å². The third kappa shape index (κ3) is 9.73. The number of hydrogen-bond donors (Lipinski definition) is 3. The first-order valence-electron chi connectivity index (χ1n) is 12.2. The molecule has 2 bridgehead atoms. The van der Waals surface area contributed by atoms with E-state index in [1.807, 2.05) is 0 Å². The van der Waals surface area contributed by atoms with Crippen molar-refractivity contribution in [2.45, 2.75) is 59.1 Å². The Morgan fingerprint density at radius 3 is 2.63 bits per heavy atom. The lowest BCUT2D eigenvalue weighted by Crippen LogP contribution is -2.48. The average molecular weight is 549 g/mol. The predicted molar refractivity (Wildman–Crippen MR) is 140 cm³/mol. The fourth-order valence-electron chi connectivity index (χ4n) is 3.41. The molecule has 2 atom stereocenters. The van der Waals surface area contributed by atoms with Gasteiger partial charge in [0.05, 0.1) is 12.1 Å². The minimum atomic E-state index is -1.08. The normalized spacial score (nSPS) is 21.1. The van der Waals surface area contributed by atoms with Crippen LogP contribution in [0.5, 0.6) is 0 Å². The van der Waals surface area contributed by atoms with Gasteiger partial charge >= 0.3 is 5.97 Å². The van der Waals surface area contributed by atoms with Gasteiger partial charge in [-0.25, -0.2) is 14.2 Å². The maximum atomic E-state index is 14.3. The number of esters is 1. The van der Waals surface area contributed by atoms with Crippen molar-refractivity contribution in [3.05, 3.63) is 53.3 Å². The van der Waals surface area contributed by atoms with Crippen LogP contribution in [-0.2, 0) is 30.3 Å². The molecule has 0 aromatic carbocycles. The summed E-state index contributed by atoms with van der Waals surface area (Å²) in [5, 5.41) is 7.64. The predicted octanol–water partition coefficient (Wildman–Crippen LogP) is 2.20. The Hall–Kier alpha value is -3.54. The van der Waals surface area contributed by atoms with Crippen LogP contribution in [0.15, 0.2) is 36.1 Å². The van der Waals surface area contributed by atoms with Gasteiger partial charge in [0.15, 0.2) is 5.12 Å². The van der Waals surface area contributed by atoms with Gasteiger partial charge in [0.2, 0.25) is 5.91 Å². The van der Waals surface area contributed by atoms with Crippen LogP contribution in [0, 0.1) is 11.7 Å². The number of ether oxygens (including phenoxy) is 1. The topological polar surface area (TPSA) is 144 Å². The van der Waals surface area contributed by atoms with Crippen LogP contribution in [0.2, 0.25) is 0 Å². The number of nitrogens with one attached hydrogen (secondary N) is 3. The third-order valence-corrected chi connectivity index (χ3v) is 6.26. The lowest BCUT2D eigenvalue weighted by atomic mass is 10.0. The Morgan fingerprint density at radius 1 is 1.24 bits per heavy atom. The summed E-state index contributed by atoms with van der Waals surface area (Å²) in [6.07, 6.45) is 4.00. The number of fused-ring (bicyclic) bond motifs is 2. The highest BCUT2D eigenvalue weighted by atomic mass is 32.2. The van der Waals surface area contributed by atoms with Crippen LogP contribution in [0.25, 0.3) is 0 Å². The van der Waals surface area contributed by atoms with Crippen LogP contribution < -0.4 is 16.0 Å². The number of carbonyl (C=O) groups is 5. The lowest BCUT2D eigenvalue weighted by molar-refractivity contribution is -0.153. The van der Waals surface area contributed by atoms with E-state index in [9.17, 15) is 28.4 Å². The van der Waals surface area contributed by atoms with Gasteiger partial charge in [-0.3, -0.25) is 19.2 Å². The fraction of sp³-hybridized carbons (Fsp3) is 0.462. The molecule has 2 rings (SSSR count). The number of cyclic esters (lactones) is 1. The first-order chi connectivity index (χ1) is 18.0. The van der Waals surface area contributed by atoms with Crippen LogP contribution in [0.3, 0.4) is 0 Å². The van der Waals surface area contributed by atoms with Gasteiger partial charge in [-0.15, -0.1) is 0 Å². The molecule has 0 aliphatic carbocycles. The van der Waals surface area contributed by atoms with Gasteiger partial charge < -0.3 is 20.7 Å². The van der Waals surface area contributed by atoms with Gasteiger partial charge in [-0.1, -0.05) is 37.8 Å². The van der Waals surface area contributed by atoms with Crippen molar-refractivity contribution >= 4 is 40.6 Å². The Kier molecular flexibility index (Phi) is 12.1. The number of rotatable bonds is 5. The average Bonchev–Trinajstić information content (AvgIpc) is 2.85. The summed E-state index contributed by atoms with van der Waals surface area (Å²) in [6.45, 7) is 6.45. The molecule has 1 aliphatic heterocycles. The summed E-state index contributed by atoms with van der Waals surface area (Å²) in [6, 6.07) is 1.20. The fourth-order valence-corrected chi connectivity index (χ4v) is 3.96. The SMILES string of the molecule is C/C=C1\NC(=O)c2ccc(F)c(n2)CCNC(=O)C[C@@H](/C=C/CCSC(C)=O)OC(=O)C(C(C)C)NC1=O. The second-order valence-corrected chi connectivity index (χ2v) is 10.1. The molecule has 1 aromatic rings. The maximum absolute atomic E-state index is 14.3. The standard InChI is InChI=1S/C26H33FN4O6S/c1-5-19-24(34)31-23(15(2)3)26(36)37-17(8-6-7-13-38-16(4)32)14-22(33)28-12-11-20-18(27)9-10-21(29-20)25(35)30-19/h5-6,8-10,15,17,23H,7,11-14H2,1-4H3,(H,28,33)(H,30,35)(H,31,34)/b8-6+,19-5-/t17-,23?/m1/s1. The number of pyridine rings is 1. The van der Waals surface area contributed by atoms with Crippen molar-refractivity contribution in [3.8, 4) is 0 Å². The maximum Gasteiger partial charge on any atom is 0.329 e. The molecule has 38 heavy (non-hydrogen) atoms. The van der Waals surface area contributed by atoms with Crippen molar-refractivity contribution in [1.29, 1.82) is 0 Å². The summed E-state index contributed by atoms with van der Waals surface area (Å²) >= 11 is 1.15. The van der Waals surface area contributed by atoms with E-state index in [1.54, 1.807) is 26.0 Å². The molecular formula is C26H33FN4O6S. The minimum Gasteiger partial charge on any atom is -0.456 e. The monoisotopic (exact) mass is 548 g/mol. The molecule has 206 valence electrons. The Labute approximate surface area is 225 Å². The summed E-state index contributed by atoms with van der Waals surface area (Å²) in [5.41, 5.74) is -0.265. The molecule has 1 aromatic heterocycles. The molecule has 3 amide bonds. The Balaban J connectivity index is 2.35. The van der Waals surface area contributed by atoms with E-state index < -0.39 is 41.7 Å². The molecule has 0 radical (unpaired) electrons. The highest BCUT2D eigenvalue weighted by Gasteiger charge is 2.30. The van der Waals surface area contributed by atoms with Gasteiger partial charge in [0.25, 0.3) is 11.8 Å². The Bertz CT molecular complexity index is 1120. The molecule has 0 fully saturated rings. The van der Waals surface area contributed by atoms with E-state index in [0.29, 0.717) is 12.2 Å². The van der Waals surface area contributed by atoms with E-state index in [-0.39, 0.29) is 47.5 Å². The number of thioether (sulfide) groups is 1. The van der Waals surface area contributed by atoms with Crippen molar-refractivity contribution in [1.82, 2.24) is 20.9 Å². The second-order valence-electron chi connectivity index (χ2n) is 8.81. The molecule has 3 N–H and O–H groups in total. The zero-order chi connectivity index (χ0) is 28.2. The number of nitrogens with zero attached hydrogens (tertiary/aromatic N) is 1. The van der Waals surface area contributed by atoms with Crippen molar-refractivity contribution < 1.29 is 33.1 Å². The van der Waals surface area contributed by atoms with Crippen molar-refractivity contribution in [2.75, 3.05) is 12.3 Å². The van der Waals surface area contributed by atoms with Gasteiger partial charge in [0, 0.05) is 25.6 Å². The number of hydrogen-bond acceptors (Lipinski definition) is 8. The van der Waals surface area contributed by atoms with E-state index >= 15 is 0 Å². The highest BCUT2D eigenvalue weighted by Crippen LogP contribution is 2.13. The molecule has 12 heteroatoms. The summed E-state index contributed by atoms with van der Waals surface area (Å²) in [7, 11) is 0. The number of amides is 3. The molecular weight excluding hydrogens is 515 g/mol.